The quantitative estimate of drug-likeness (QED) is 0.787. The Morgan fingerprint density at radius 3 is 2.70 bits per heavy atom. The maximum absolute atomic E-state index is 12.5. The predicted octanol–water partition coefficient (Wildman–Crippen LogP) is 2.72. The molecule has 1 aliphatic heterocycles. The number of hydrogen-bond acceptors (Lipinski definition) is 3. The summed E-state index contributed by atoms with van der Waals surface area (Å²) in [6.45, 7) is 7.09. The van der Waals surface area contributed by atoms with E-state index < -0.39 is 0 Å². The molecule has 1 aliphatic rings. The molecule has 0 radical (unpaired) electrons. The van der Waals surface area contributed by atoms with Crippen LogP contribution in [0.4, 0.5) is 0 Å². The van der Waals surface area contributed by atoms with Crippen molar-refractivity contribution in [3.8, 4) is 5.69 Å². The molecule has 0 saturated carbocycles. The zero-order valence-electron chi connectivity index (χ0n) is 16.3. The Kier molecular flexibility index (Phi) is 6.50. The normalized spacial score (nSPS) is 17.8. The number of aromatic nitrogens is 2. The van der Waals surface area contributed by atoms with E-state index in [4.69, 9.17) is 0 Å². The summed E-state index contributed by atoms with van der Waals surface area (Å²) in [5.41, 5.74) is 2.21. The van der Waals surface area contributed by atoms with Crippen LogP contribution < -0.4 is 10.9 Å². The third-order valence-electron chi connectivity index (χ3n) is 5.33. The van der Waals surface area contributed by atoms with E-state index in [9.17, 15) is 9.59 Å². The first kappa shape index (κ1) is 19.4. The van der Waals surface area contributed by atoms with Crippen molar-refractivity contribution in [2.45, 2.75) is 52.0 Å². The Morgan fingerprint density at radius 1 is 1.22 bits per heavy atom. The van der Waals surface area contributed by atoms with Gasteiger partial charge in [0.05, 0.1) is 5.69 Å². The number of likely N-dealkylation sites (tertiary alicyclic amines) is 1. The minimum Gasteiger partial charge on any atom is -0.350 e. The number of H-pyrrole nitrogens is 1. The average Bonchev–Trinajstić information content (AvgIpc) is 3.07. The number of carbonyl (C=O) groups excluding carboxylic acids is 1. The lowest BCUT2D eigenvalue weighted by atomic mass is 10.0. The van der Waals surface area contributed by atoms with E-state index in [0.717, 1.165) is 43.7 Å². The van der Waals surface area contributed by atoms with Gasteiger partial charge in [-0.3, -0.25) is 19.6 Å². The largest absolute Gasteiger partial charge is 0.350 e. The van der Waals surface area contributed by atoms with Crippen LogP contribution in [0.15, 0.2) is 35.1 Å². The van der Waals surface area contributed by atoms with Crippen molar-refractivity contribution in [3.05, 3.63) is 51.9 Å². The van der Waals surface area contributed by atoms with Gasteiger partial charge in [0, 0.05) is 29.9 Å². The Hall–Kier alpha value is -2.34. The summed E-state index contributed by atoms with van der Waals surface area (Å²) in [5, 5.41) is 6.19. The van der Waals surface area contributed by atoms with Gasteiger partial charge in [-0.2, -0.15) is 0 Å². The first-order valence-corrected chi connectivity index (χ1v) is 10.1. The molecule has 2 heterocycles. The fraction of sp³-hybridized carbons (Fsp3) is 0.524. The van der Waals surface area contributed by atoms with Crippen molar-refractivity contribution >= 4 is 5.91 Å². The molecule has 1 unspecified atom stereocenters. The van der Waals surface area contributed by atoms with Gasteiger partial charge in [-0.1, -0.05) is 26.7 Å². The van der Waals surface area contributed by atoms with E-state index in [1.54, 1.807) is 18.2 Å². The highest BCUT2D eigenvalue weighted by Gasteiger charge is 2.21. The highest BCUT2D eigenvalue weighted by Crippen LogP contribution is 2.16. The molecule has 3 rings (SSSR count). The maximum Gasteiger partial charge on any atom is 0.271 e. The molecule has 2 N–H and O–H groups in total. The summed E-state index contributed by atoms with van der Waals surface area (Å²) in [7, 11) is 0. The number of aryl methyl sites for hydroxylation is 1. The fourth-order valence-electron chi connectivity index (χ4n) is 3.82. The minimum absolute atomic E-state index is 0.0614. The molecule has 1 amide bonds. The molecule has 0 spiro atoms. The summed E-state index contributed by atoms with van der Waals surface area (Å²) in [5.74, 6) is -0.0614. The molecular formula is C21H30N4O2. The van der Waals surface area contributed by atoms with Crippen molar-refractivity contribution < 1.29 is 4.79 Å². The molecule has 6 nitrogen and oxygen atoms in total. The van der Waals surface area contributed by atoms with Crippen LogP contribution in [0.25, 0.3) is 5.69 Å². The van der Waals surface area contributed by atoms with Crippen LogP contribution in [-0.4, -0.2) is 46.3 Å². The summed E-state index contributed by atoms with van der Waals surface area (Å²) >= 11 is 0. The number of hydrogen-bond donors (Lipinski definition) is 2. The topological polar surface area (TPSA) is 70.1 Å². The monoisotopic (exact) mass is 370 g/mol. The number of nitrogens with one attached hydrogen (secondary N) is 2. The third kappa shape index (κ3) is 4.69. The molecule has 6 heteroatoms. The van der Waals surface area contributed by atoms with E-state index in [-0.39, 0.29) is 11.5 Å². The highest BCUT2D eigenvalue weighted by atomic mass is 16.1. The molecule has 27 heavy (non-hydrogen) atoms. The summed E-state index contributed by atoms with van der Waals surface area (Å²) < 4.78 is 1.52. The molecule has 1 aromatic heterocycles. The fourth-order valence-corrected chi connectivity index (χ4v) is 3.82. The number of aromatic amines is 1. The van der Waals surface area contributed by atoms with Crippen molar-refractivity contribution in [2.75, 3.05) is 19.6 Å². The number of rotatable bonds is 7. The van der Waals surface area contributed by atoms with Crippen molar-refractivity contribution in [1.29, 1.82) is 0 Å². The Balaban J connectivity index is 1.63. The van der Waals surface area contributed by atoms with Crippen LogP contribution in [-0.2, 0) is 6.42 Å². The highest BCUT2D eigenvalue weighted by molar-refractivity contribution is 5.94. The number of likely N-dealkylation sites (N-methyl/N-ethyl adjacent to an activating group) is 1. The Labute approximate surface area is 160 Å². The van der Waals surface area contributed by atoms with Gasteiger partial charge in [-0.15, -0.1) is 0 Å². The summed E-state index contributed by atoms with van der Waals surface area (Å²) in [6, 6.07) is 9.23. The number of amides is 1. The van der Waals surface area contributed by atoms with Crippen LogP contribution in [0.5, 0.6) is 0 Å². The lowest BCUT2D eigenvalue weighted by molar-refractivity contribution is 0.0918. The zero-order chi connectivity index (χ0) is 19.2. The number of nitrogens with zero attached hydrogens (tertiary/aromatic N) is 2. The first-order chi connectivity index (χ1) is 13.1. The predicted molar refractivity (Wildman–Crippen MR) is 108 cm³/mol. The average molecular weight is 370 g/mol. The van der Waals surface area contributed by atoms with Crippen LogP contribution in [0.3, 0.4) is 0 Å². The first-order valence-electron chi connectivity index (χ1n) is 10.1. The second-order valence-electron chi connectivity index (χ2n) is 7.24. The van der Waals surface area contributed by atoms with Gasteiger partial charge >= 0.3 is 0 Å². The lowest BCUT2D eigenvalue weighted by Gasteiger charge is -2.34. The van der Waals surface area contributed by atoms with Crippen LogP contribution in [0, 0.1) is 0 Å². The molecule has 0 aliphatic carbocycles. The number of piperidine rings is 1. The van der Waals surface area contributed by atoms with Gasteiger partial charge in [0.25, 0.3) is 11.5 Å². The van der Waals surface area contributed by atoms with Crippen molar-refractivity contribution in [2.24, 2.45) is 0 Å². The van der Waals surface area contributed by atoms with Gasteiger partial charge in [0.1, 0.15) is 0 Å². The van der Waals surface area contributed by atoms with E-state index >= 15 is 0 Å². The van der Waals surface area contributed by atoms with Gasteiger partial charge in [-0.05, 0) is 56.6 Å². The van der Waals surface area contributed by atoms with E-state index in [2.05, 4.69) is 29.2 Å². The van der Waals surface area contributed by atoms with Crippen molar-refractivity contribution in [3.63, 3.8) is 0 Å². The van der Waals surface area contributed by atoms with Gasteiger partial charge in [0.2, 0.25) is 0 Å². The molecule has 0 bridgehead atoms. The minimum atomic E-state index is -0.0763. The maximum atomic E-state index is 12.5. The van der Waals surface area contributed by atoms with Crippen LogP contribution in [0.1, 0.15) is 55.6 Å². The summed E-state index contributed by atoms with van der Waals surface area (Å²) in [4.78, 5) is 27.0. The van der Waals surface area contributed by atoms with E-state index in [0.29, 0.717) is 18.2 Å². The second-order valence-corrected chi connectivity index (χ2v) is 7.24. The van der Waals surface area contributed by atoms with Gasteiger partial charge in [-0.25, -0.2) is 4.68 Å². The van der Waals surface area contributed by atoms with Crippen LogP contribution in [0.2, 0.25) is 0 Å². The lowest BCUT2D eigenvalue weighted by Crippen LogP contribution is -2.46. The van der Waals surface area contributed by atoms with E-state index in [1.807, 2.05) is 12.1 Å². The molecule has 1 aromatic carbocycles. The Bertz CT molecular complexity index is 806. The van der Waals surface area contributed by atoms with E-state index in [1.165, 1.54) is 17.5 Å². The molecule has 1 atom stereocenters. The molecule has 2 aromatic rings. The van der Waals surface area contributed by atoms with Crippen molar-refractivity contribution in [1.82, 2.24) is 20.0 Å². The third-order valence-corrected chi connectivity index (χ3v) is 5.33. The number of benzene rings is 1. The SMILES string of the molecule is CCCc1cc(=O)n(-c2ccc(C(=O)NCC3CCCCN3CC)cc2)[nH]1. The van der Waals surface area contributed by atoms with Gasteiger partial charge in [0.15, 0.2) is 0 Å². The summed E-state index contributed by atoms with van der Waals surface area (Å²) in [6.07, 6.45) is 5.45. The smallest absolute Gasteiger partial charge is 0.271 e. The zero-order valence-corrected chi connectivity index (χ0v) is 16.3. The second kappa shape index (κ2) is 9.04. The van der Waals surface area contributed by atoms with Crippen LogP contribution >= 0.6 is 0 Å². The molecule has 146 valence electrons. The molecule has 1 saturated heterocycles. The Morgan fingerprint density at radius 2 is 2.00 bits per heavy atom. The standard InChI is InChI=1S/C21H30N4O2/c1-3-7-17-14-20(26)25(23-17)18-11-9-16(10-12-18)21(27)22-15-19-8-5-6-13-24(19)4-2/h9-12,14,19,23H,3-8,13,15H2,1-2H3,(H,22,27). The number of carbonyl (C=O) groups is 1. The van der Waals surface area contributed by atoms with Gasteiger partial charge < -0.3 is 5.32 Å². The molecule has 1 fully saturated rings. The molecular weight excluding hydrogens is 340 g/mol.